The van der Waals surface area contributed by atoms with Gasteiger partial charge in [-0.3, -0.25) is 4.79 Å². The minimum atomic E-state index is -0.393. The number of rotatable bonds is 4. The number of anilines is 1. The van der Waals surface area contributed by atoms with Gasteiger partial charge < -0.3 is 15.0 Å². The van der Waals surface area contributed by atoms with Gasteiger partial charge in [-0.25, -0.2) is 14.4 Å². The number of halogens is 1. The van der Waals surface area contributed by atoms with Crippen LogP contribution in [-0.2, 0) is 9.53 Å². The number of ether oxygens (including phenoxy) is 1. The Morgan fingerprint density at radius 2 is 2.16 bits per heavy atom. The van der Waals surface area contributed by atoms with Crippen molar-refractivity contribution in [3.63, 3.8) is 0 Å². The van der Waals surface area contributed by atoms with Crippen LogP contribution in [0.1, 0.15) is 13.3 Å². The summed E-state index contributed by atoms with van der Waals surface area (Å²) in [6.07, 6.45) is 2.55. The molecule has 1 aromatic carbocycles. The lowest BCUT2D eigenvalue weighted by Gasteiger charge is -2.29. The summed E-state index contributed by atoms with van der Waals surface area (Å²) in [4.78, 5) is 23.0. The molecule has 4 rings (SSSR count). The van der Waals surface area contributed by atoms with Crippen LogP contribution in [0.25, 0.3) is 11.3 Å². The van der Waals surface area contributed by atoms with E-state index in [1.54, 1.807) is 18.2 Å². The highest BCUT2D eigenvalue weighted by Gasteiger charge is 2.42. The van der Waals surface area contributed by atoms with Gasteiger partial charge in [0.25, 0.3) is 0 Å². The van der Waals surface area contributed by atoms with Crippen LogP contribution < -0.4 is 5.32 Å². The molecule has 3 atom stereocenters. The van der Waals surface area contributed by atoms with E-state index in [1.165, 1.54) is 18.5 Å². The number of nitrogens with zero attached hydrogens (tertiary/aromatic N) is 3. The molecule has 2 fully saturated rings. The van der Waals surface area contributed by atoms with Gasteiger partial charge in [-0.1, -0.05) is 0 Å². The third-order valence-corrected chi connectivity index (χ3v) is 4.73. The first kappa shape index (κ1) is 16.0. The standard InChI is InChI=1S/C18H19FN4O2/c1-11(18(24)23-8-15-6-14(23)9-25-15)22-17-7-16(20-10-21-17)12-2-4-13(19)5-3-12/h2-5,7,10-11,14-15H,6,8-9H2,1H3,(H,20,21,22)/t11-,14-,15-/m1/s1. The Morgan fingerprint density at radius 1 is 1.36 bits per heavy atom. The SMILES string of the molecule is C[C@@H](Nc1cc(-c2ccc(F)cc2)ncn1)C(=O)N1C[C@H]2C[C@@H]1CO2. The van der Waals surface area contributed by atoms with Crippen LogP contribution in [0, 0.1) is 5.82 Å². The van der Waals surface area contributed by atoms with Crippen LogP contribution in [0.15, 0.2) is 36.7 Å². The van der Waals surface area contributed by atoms with E-state index < -0.39 is 6.04 Å². The summed E-state index contributed by atoms with van der Waals surface area (Å²) in [6.45, 7) is 3.13. The lowest BCUT2D eigenvalue weighted by molar-refractivity contribution is -0.136. The first-order valence-electron chi connectivity index (χ1n) is 8.37. The van der Waals surface area contributed by atoms with E-state index in [1.807, 2.05) is 11.8 Å². The van der Waals surface area contributed by atoms with Crippen LogP contribution in [0.3, 0.4) is 0 Å². The Kier molecular flexibility index (Phi) is 4.09. The molecule has 0 unspecified atom stereocenters. The van der Waals surface area contributed by atoms with Crippen molar-refractivity contribution in [1.29, 1.82) is 0 Å². The van der Waals surface area contributed by atoms with Crippen LogP contribution in [0.4, 0.5) is 10.2 Å². The molecule has 1 N–H and O–H groups in total. The molecule has 6 nitrogen and oxygen atoms in total. The second-order valence-electron chi connectivity index (χ2n) is 6.50. The molecule has 2 aromatic rings. The van der Waals surface area contributed by atoms with Crippen molar-refractivity contribution >= 4 is 11.7 Å². The van der Waals surface area contributed by atoms with E-state index in [0.717, 1.165) is 12.0 Å². The van der Waals surface area contributed by atoms with E-state index in [0.29, 0.717) is 24.7 Å². The summed E-state index contributed by atoms with van der Waals surface area (Å²) < 4.78 is 18.6. The first-order chi connectivity index (χ1) is 12.1. The minimum absolute atomic E-state index is 0.0535. The summed E-state index contributed by atoms with van der Waals surface area (Å²) in [5.74, 6) is 0.327. The molecule has 0 radical (unpaired) electrons. The highest BCUT2D eigenvalue weighted by atomic mass is 19.1. The number of fused-ring (bicyclic) bond motifs is 2. The Bertz CT molecular complexity index is 783. The maximum atomic E-state index is 13.1. The van der Waals surface area contributed by atoms with Crippen molar-refractivity contribution in [3.05, 3.63) is 42.5 Å². The molecule has 2 saturated heterocycles. The lowest BCUT2D eigenvalue weighted by Crippen LogP contribution is -2.47. The van der Waals surface area contributed by atoms with Crippen molar-refractivity contribution in [2.75, 3.05) is 18.5 Å². The monoisotopic (exact) mass is 342 g/mol. The zero-order chi connectivity index (χ0) is 17.4. The Hall–Kier alpha value is -2.54. The Balaban J connectivity index is 1.46. The molecule has 2 aliphatic heterocycles. The normalized spacial score (nSPS) is 22.9. The third kappa shape index (κ3) is 3.19. The summed E-state index contributed by atoms with van der Waals surface area (Å²) in [5, 5.41) is 3.14. The van der Waals surface area contributed by atoms with E-state index in [-0.39, 0.29) is 23.9 Å². The van der Waals surface area contributed by atoms with Gasteiger partial charge in [-0.15, -0.1) is 0 Å². The average Bonchev–Trinajstić information content (AvgIpc) is 3.25. The molecule has 2 aliphatic rings. The van der Waals surface area contributed by atoms with Gasteiger partial charge in [-0.2, -0.15) is 0 Å². The quantitative estimate of drug-likeness (QED) is 0.921. The predicted octanol–water partition coefficient (Wildman–Crippen LogP) is 2.08. The summed E-state index contributed by atoms with van der Waals surface area (Å²) in [7, 11) is 0. The smallest absolute Gasteiger partial charge is 0.245 e. The summed E-state index contributed by atoms with van der Waals surface area (Å²) >= 11 is 0. The number of likely N-dealkylation sites (tertiary alicyclic amines) is 1. The second kappa shape index (κ2) is 6.40. The van der Waals surface area contributed by atoms with Crippen LogP contribution in [0.5, 0.6) is 0 Å². The largest absolute Gasteiger partial charge is 0.374 e. The van der Waals surface area contributed by atoms with Gasteiger partial charge in [0.15, 0.2) is 0 Å². The summed E-state index contributed by atoms with van der Waals surface area (Å²) in [5.41, 5.74) is 1.46. The predicted molar refractivity (Wildman–Crippen MR) is 90.4 cm³/mol. The average molecular weight is 342 g/mol. The fourth-order valence-corrected chi connectivity index (χ4v) is 3.42. The maximum Gasteiger partial charge on any atom is 0.245 e. The molecule has 130 valence electrons. The molecule has 0 aliphatic carbocycles. The van der Waals surface area contributed by atoms with Crippen molar-refractivity contribution in [1.82, 2.24) is 14.9 Å². The molecule has 0 spiro atoms. The first-order valence-corrected chi connectivity index (χ1v) is 8.37. The number of benzene rings is 1. The highest BCUT2D eigenvalue weighted by molar-refractivity contribution is 5.85. The molecular formula is C18H19FN4O2. The van der Waals surface area contributed by atoms with Gasteiger partial charge in [0.05, 0.1) is 24.4 Å². The van der Waals surface area contributed by atoms with Gasteiger partial charge in [-0.05, 0) is 37.6 Å². The van der Waals surface area contributed by atoms with Crippen molar-refractivity contribution in [3.8, 4) is 11.3 Å². The minimum Gasteiger partial charge on any atom is -0.374 e. The second-order valence-corrected chi connectivity index (χ2v) is 6.50. The van der Waals surface area contributed by atoms with Gasteiger partial charge in [0, 0.05) is 18.2 Å². The van der Waals surface area contributed by atoms with Crippen molar-refractivity contribution in [2.24, 2.45) is 0 Å². The molecule has 25 heavy (non-hydrogen) atoms. The number of hydrogen-bond donors (Lipinski definition) is 1. The van der Waals surface area contributed by atoms with Crippen molar-refractivity contribution in [2.45, 2.75) is 31.5 Å². The zero-order valence-electron chi connectivity index (χ0n) is 13.9. The zero-order valence-corrected chi connectivity index (χ0v) is 13.9. The number of morpholine rings is 1. The topological polar surface area (TPSA) is 67.4 Å². The number of aromatic nitrogens is 2. The van der Waals surface area contributed by atoms with Gasteiger partial charge in [0.2, 0.25) is 5.91 Å². The van der Waals surface area contributed by atoms with E-state index in [4.69, 9.17) is 4.74 Å². The van der Waals surface area contributed by atoms with Crippen molar-refractivity contribution < 1.29 is 13.9 Å². The van der Waals surface area contributed by atoms with E-state index in [9.17, 15) is 9.18 Å². The van der Waals surface area contributed by atoms with Crippen LogP contribution in [0.2, 0.25) is 0 Å². The Morgan fingerprint density at radius 3 is 2.84 bits per heavy atom. The molecule has 7 heteroatoms. The Labute approximate surface area is 145 Å². The molecule has 2 bridgehead atoms. The van der Waals surface area contributed by atoms with Gasteiger partial charge >= 0.3 is 0 Å². The molecule has 0 saturated carbocycles. The number of hydrogen-bond acceptors (Lipinski definition) is 5. The molecule has 1 amide bonds. The number of carbonyl (C=O) groups is 1. The molecule has 3 heterocycles. The highest BCUT2D eigenvalue weighted by Crippen LogP contribution is 2.28. The van der Waals surface area contributed by atoms with Gasteiger partial charge in [0.1, 0.15) is 24.0 Å². The number of nitrogens with one attached hydrogen (secondary N) is 1. The number of carbonyl (C=O) groups excluding carboxylic acids is 1. The van der Waals surface area contributed by atoms with Crippen LogP contribution in [-0.4, -0.2) is 52.1 Å². The third-order valence-electron chi connectivity index (χ3n) is 4.73. The fraction of sp³-hybridized carbons (Fsp3) is 0.389. The van der Waals surface area contributed by atoms with E-state index >= 15 is 0 Å². The molecule has 1 aromatic heterocycles. The molecular weight excluding hydrogens is 323 g/mol. The van der Waals surface area contributed by atoms with Crippen LogP contribution >= 0.6 is 0 Å². The van der Waals surface area contributed by atoms with E-state index in [2.05, 4.69) is 15.3 Å². The summed E-state index contributed by atoms with van der Waals surface area (Å²) in [6, 6.07) is 7.67. The fourth-order valence-electron chi connectivity index (χ4n) is 3.42. The maximum absolute atomic E-state index is 13.1. The number of amides is 1. The lowest BCUT2D eigenvalue weighted by atomic mass is 10.1.